The van der Waals surface area contributed by atoms with Crippen LogP contribution >= 0.6 is 11.8 Å². The van der Waals surface area contributed by atoms with Gasteiger partial charge in [-0.2, -0.15) is 5.26 Å². The van der Waals surface area contributed by atoms with Gasteiger partial charge in [0, 0.05) is 5.70 Å². The van der Waals surface area contributed by atoms with Gasteiger partial charge in [-0.15, -0.1) is 0 Å². The molecule has 0 spiro atoms. The summed E-state index contributed by atoms with van der Waals surface area (Å²) in [4.78, 5) is 31.8. The zero-order valence-electron chi connectivity index (χ0n) is 19.1. The molecule has 1 aliphatic heterocycles. The molecule has 2 aromatic rings. The van der Waals surface area contributed by atoms with Crippen LogP contribution in [0.1, 0.15) is 43.4 Å². The molecule has 33 heavy (non-hydrogen) atoms. The fourth-order valence-electron chi connectivity index (χ4n) is 3.22. The number of Topliss-reactive ketones (excluding diaryl/α,β-unsaturated/α-hetero) is 1. The molecular formula is C26H26N4O2S. The lowest BCUT2D eigenvalue weighted by Crippen LogP contribution is -2.31. The fourth-order valence-corrected chi connectivity index (χ4v) is 4.11. The number of hydrogen-bond donors (Lipinski definition) is 1. The largest absolute Gasteiger partial charge is 0.401 e. The lowest BCUT2D eigenvalue weighted by Gasteiger charge is -2.17. The van der Waals surface area contributed by atoms with Crippen molar-refractivity contribution in [3.63, 3.8) is 0 Å². The number of aryl methyl sites for hydroxylation is 1. The topological polar surface area (TPSA) is 99.5 Å². The van der Waals surface area contributed by atoms with E-state index in [4.69, 9.17) is 5.73 Å². The number of carbonyl (C=O) groups excluding carboxylic acids is 2. The summed E-state index contributed by atoms with van der Waals surface area (Å²) >= 11 is 1.11. The van der Waals surface area contributed by atoms with Crippen molar-refractivity contribution in [2.75, 3.05) is 10.7 Å². The predicted octanol–water partition coefficient (Wildman–Crippen LogP) is 4.92. The van der Waals surface area contributed by atoms with Gasteiger partial charge in [0.2, 0.25) is 0 Å². The van der Waals surface area contributed by atoms with Crippen molar-refractivity contribution in [1.82, 2.24) is 0 Å². The molecule has 0 atom stereocenters. The molecule has 0 saturated carbocycles. The fraction of sp³-hybridized carbons (Fsp3) is 0.231. The first kappa shape index (κ1) is 24.0. The highest BCUT2D eigenvalue weighted by Crippen LogP contribution is 2.30. The Morgan fingerprint density at radius 1 is 1.18 bits per heavy atom. The summed E-state index contributed by atoms with van der Waals surface area (Å²) < 4.78 is 0. The van der Waals surface area contributed by atoms with E-state index in [-0.39, 0.29) is 28.6 Å². The van der Waals surface area contributed by atoms with E-state index in [9.17, 15) is 14.9 Å². The van der Waals surface area contributed by atoms with Gasteiger partial charge in [-0.25, -0.2) is 4.99 Å². The van der Waals surface area contributed by atoms with E-state index >= 15 is 0 Å². The molecule has 6 nitrogen and oxygen atoms in total. The number of nitrogens with two attached hydrogens (primary N) is 1. The summed E-state index contributed by atoms with van der Waals surface area (Å²) in [6.07, 6.45) is 1.74. The van der Waals surface area contributed by atoms with Crippen LogP contribution in [0.25, 0.3) is 6.08 Å². The average molecular weight is 459 g/mol. The van der Waals surface area contributed by atoms with Crippen LogP contribution in [0.4, 0.5) is 5.69 Å². The van der Waals surface area contributed by atoms with Crippen LogP contribution in [0.5, 0.6) is 0 Å². The molecule has 0 radical (unpaired) electrons. The van der Waals surface area contributed by atoms with Gasteiger partial charge in [-0.1, -0.05) is 67.6 Å². The van der Waals surface area contributed by atoms with Crippen molar-refractivity contribution < 1.29 is 9.59 Å². The molecule has 7 heteroatoms. The van der Waals surface area contributed by atoms with E-state index in [0.29, 0.717) is 16.8 Å². The number of aliphatic imine (C=N–C) groups is 1. The monoisotopic (exact) mass is 458 g/mol. The molecule has 1 aliphatic rings. The number of allylic oxidation sites excluding steroid dienone is 2. The minimum Gasteiger partial charge on any atom is -0.401 e. The van der Waals surface area contributed by atoms with Crippen LogP contribution in [0, 0.1) is 18.3 Å². The second-order valence-corrected chi connectivity index (χ2v) is 9.05. The van der Waals surface area contributed by atoms with Gasteiger partial charge in [0.15, 0.2) is 11.0 Å². The second kappa shape index (κ2) is 10.3. The molecule has 1 amide bonds. The zero-order chi connectivity index (χ0) is 24.1. The van der Waals surface area contributed by atoms with Crippen molar-refractivity contribution in [2.24, 2.45) is 10.7 Å². The number of hydrogen-bond acceptors (Lipinski definition) is 6. The van der Waals surface area contributed by atoms with Crippen LogP contribution in [-0.2, 0) is 9.59 Å². The molecule has 2 aromatic carbocycles. The number of nitriles is 1. The highest BCUT2D eigenvalue weighted by atomic mass is 32.2. The second-order valence-electron chi connectivity index (χ2n) is 8.10. The third-order valence-corrected chi connectivity index (χ3v) is 6.08. The Hall–Kier alpha value is -3.63. The molecule has 3 rings (SSSR count). The molecule has 0 aliphatic carbocycles. The van der Waals surface area contributed by atoms with Crippen LogP contribution in [0.3, 0.4) is 0 Å². The standard InChI is InChI=1S/C26H26N4O2S/c1-16(2)20-9-7-19(8-10-20)13-23-25(32)30(21-11-5-17(3)6-12-21)26(29-23)33-15-24(31)22(14-27)18(4)28/h5-13,16H,15,28H2,1-4H3. The quantitative estimate of drug-likeness (QED) is 0.489. The highest BCUT2D eigenvalue weighted by Gasteiger charge is 2.32. The van der Waals surface area contributed by atoms with E-state index in [2.05, 4.69) is 18.8 Å². The lowest BCUT2D eigenvalue weighted by atomic mass is 10.0. The Morgan fingerprint density at radius 2 is 1.82 bits per heavy atom. The summed E-state index contributed by atoms with van der Waals surface area (Å²) in [5, 5.41) is 9.58. The summed E-state index contributed by atoms with van der Waals surface area (Å²) in [6.45, 7) is 7.74. The van der Waals surface area contributed by atoms with Crippen molar-refractivity contribution in [1.29, 1.82) is 5.26 Å². The Kier molecular flexibility index (Phi) is 7.52. The molecule has 0 aromatic heterocycles. The molecule has 168 valence electrons. The first-order valence-corrected chi connectivity index (χ1v) is 11.5. The summed E-state index contributed by atoms with van der Waals surface area (Å²) in [6, 6.07) is 17.4. The third kappa shape index (κ3) is 5.60. The average Bonchev–Trinajstić information content (AvgIpc) is 3.08. The number of nitrogens with zero attached hydrogens (tertiary/aromatic N) is 3. The Labute approximate surface area is 198 Å². The van der Waals surface area contributed by atoms with Gasteiger partial charge in [0.1, 0.15) is 17.3 Å². The van der Waals surface area contributed by atoms with E-state index in [1.165, 1.54) is 17.4 Å². The van der Waals surface area contributed by atoms with Gasteiger partial charge in [-0.3, -0.25) is 14.5 Å². The molecule has 0 unspecified atom stereocenters. The molecular weight excluding hydrogens is 432 g/mol. The number of thioether (sulfide) groups is 1. The number of ketones is 1. The van der Waals surface area contributed by atoms with Crippen molar-refractivity contribution in [2.45, 2.75) is 33.6 Å². The van der Waals surface area contributed by atoms with Crippen LogP contribution in [-0.4, -0.2) is 22.6 Å². The number of amidine groups is 1. The zero-order valence-corrected chi connectivity index (χ0v) is 19.9. The first-order chi connectivity index (χ1) is 15.7. The minimum absolute atomic E-state index is 0.0533. The van der Waals surface area contributed by atoms with E-state index in [1.807, 2.05) is 61.5 Å². The van der Waals surface area contributed by atoms with E-state index in [1.54, 1.807) is 6.08 Å². The lowest BCUT2D eigenvalue weighted by molar-refractivity contribution is -0.114. The van der Waals surface area contributed by atoms with Crippen LogP contribution < -0.4 is 10.6 Å². The van der Waals surface area contributed by atoms with Gasteiger partial charge in [0.05, 0.1) is 11.4 Å². The molecule has 1 heterocycles. The number of amides is 1. The Morgan fingerprint density at radius 3 is 2.36 bits per heavy atom. The smallest absolute Gasteiger partial charge is 0.283 e. The minimum atomic E-state index is -0.400. The summed E-state index contributed by atoms with van der Waals surface area (Å²) in [5.74, 6) is -0.307. The maximum atomic E-state index is 13.3. The maximum Gasteiger partial charge on any atom is 0.283 e. The van der Waals surface area contributed by atoms with E-state index in [0.717, 1.165) is 22.9 Å². The maximum absolute atomic E-state index is 13.3. The number of benzene rings is 2. The summed E-state index contributed by atoms with van der Waals surface area (Å²) in [7, 11) is 0. The van der Waals surface area contributed by atoms with Crippen molar-refractivity contribution in [3.05, 3.63) is 82.2 Å². The van der Waals surface area contributed by atoms with Gasteiger partial charge in [-0.05, 0) is 49.1 Å². The predicted molar refractivity (Wildman–Crippen MR) is 135 cm³/mol. The van der Waals surface area contributed by atoms with E-state index < -0.39 is 5.78 Å². The summed E-state index contributed by atoms with van der Waals surface area (Å²) in [5.41, 5.74) is 9.84. The van der Waals surface area contributed by atoms with Crippen molar-refractivity contribution >= 4 is 40.4 Å². The first-order valence-electron chi connectivity index (χ1n) is 10.5. The van der Waals surface area contributed by atoms with Gasteiger partial charge < -0.3 is 5.73 Å². The molecule has 0 saturated heterocycles. The number of anilines is 1. The molecule has 0 fully saturated rings. The molecule has 0 bridgehead atoms. The van der Waals surface area contributed by atoms with Gasteiger partial charge >= 0.3 is 0 Å². The number of rotatable bonds is 6. The highest BCUT2D eigenvalue weighted by molar-refractivity contribution is 8.14. The SMILES string of the molecule is CC(N)=C(C#N)C(=O)CSC1=NC(=Cc2ccc(C(C)C)cc2)C(=O)N1c1ccc(C)cc1. The van der Waals surface area contributed by atoms with Gasteiger partial charge in [0.25, 0.3) is 5.91 Å². The Bertz CT molecular complexity index is 1200. The molecule has 2 N–H and O–H groups in total. The van der Waals surface area contributed by atoms with Crippen molar-refractivity contribution in [3.8, 4) is 6.07 Å². The normalized spacial score (nSPS) is 15.5. The van der Waals surface area contributed by atoms with Crippen LogP contribution in [0.15, 0.2) is 70.5 Å². The van der Waals surface area contributed by atoms with Crippen LogP contribution in [0.2, 0.25) is 0 Å². The number of carbonyl (C=O) groups is 2. The third-order valence-electron chi connectivity index (χ3n) is 5.15. The Balaban J connectivity index is 1.93.